The van der Waals surface area contributed by atoms with Crippen molar-refractivity contribution in [2.24, 2.45) is 0 Å². The number of ether oxygens (including phenoxy) is 2. The third kappa shape index (κ3) is 2.90. The van der Waals surface area contributed by atoms with E-state index in [4.69, 9.17) is 21.1 Å². The summed E-state index contributed by atoms with van der Waals surface area (Å²) in [7, 11) is 0. The molecule has 3 nitrogen and oxygen atoms in total. The molecule has 1 heterocycles. The highest BCUT2D eigenvalue weighted by Gasteiger charge is 2.31. The molecule has 1 N–H and O–H groups in total. The van der Waals surface area contributed by atoms with Crippen LogP contribution in [-0.2, 0) is 6.54 Å². The summed E-state index contributed by atoms with van der Waals surface area (Å²) in [5.41, 5.74) is 1.34. The Bertz CT molecular complexity index is 688. The van der Waals surface area contributed by atoms with E-state index in [2.05, 4.69) is 5.32 Å². The Morgan fingerprint density at radius 3 is 2.71 bits per heavy atom. The molecular weight excluding hydrogens is 293 g/mol. The molecule has 0 bridgehead atoms. The van der Waals surface area contributed by atoms with Crippen molar-refractivity contribution in [1.29, 1.82) is 0 Å². The predicted octanol–water partition coefficient (Wildman–Crippen LogP) is 4.60. The molecule has 2 aromatic carbocycles. The van der Waals surface area contributed by atoms with E-state index in [1.807, 2.05) is 32.0 Å². The van der Waals surface area contributed by atoms with E-state index < -0.39 is 11.6 Å². The van der Waals surface area contributed by atoms with Gasteiger partial charge >= 0.3 is 0 Å². The Kier molecular flexibility index (Phi) is 3.41. The van der Waals surface area contributed by atoms with E-state index in [1.54, 1.807) is 12.1 Å². The molecule has 3 rings (SSSR count). The van der Waals surface area contributed by atoms with Crippen LogP contribution in [0.5, 0.6) is 11.5 Å². The van der Waals surface area contributed by atoms with Crippen LogP contribution in [0, 0.1) is 5.82 Å². The number of benzene rings is 2. The highest BCUT2D eigenvalue weighted by Crippen LogP contribution is 2.40. The molecule has 110 valence electrons. The number of fused-ring (bicyclic) bond motifs is 1. The van der Waals surface area contributed by atoms with E-state index in [0.717, 1.165) is 5.69 Å². The van der Waals surface area contributed by atoms with Crippen LogP contribution in [0.2, 0.25) is 5.02 Å². The lowest BCUT2D eigenvalue weighted by Gasteiger charge is -2.16. The molecule has 2 aromatic rings. The first-order chi connectivity index (χ1) is 9.94. The van der Waals surface area contributed by atoms with Gasteiger partial charge in [0, 0.05) is 37.7 Å². The minimum atomic E-state index is -0.653. The standard InChI is InChI=1S/C16H15ClFNO2/c1-16(2)20-13-7-6-11(8-14(13)21-16)19-9-10-4-3-5-12(17)15(10)18/h3-8,19H,9H2,1-2H3. The number of hydrogen-bond donors (Lipinski definition) is 1. The molecule has 0 spiro atoms. The first kappa shape index (κ1) is 14.0. The maximum Gasteiger partial charge on any atom is 0.246 e. The molecule has 0 saturated heterocycles. The highest BCUT2D eigenvalue weighted by atomic mass is 35.5. The van der Waals surface area contributed by atoms with Crippen LogP contribution in [0.15, 0.2) is 36.4 Å². The van der Waals surface area contributed by atoms with Crippen molar-refractivity contribution in [3.8, 4) is 11.5 Å². The normalized spacial score (nSPS) is 15.0. The van der Waals surface area contributed by atoms with Crippen molar-refractivity contribution in [3.63, 3.8) is 0 Å². The Morgan fingerprint density at radius 1 is 1.14 bits per heavy atom. The Morgan fingerprint density at radius 2 is 1.90 bits per heavy atom. The summed E-state index contributed by atoms with van der Waals surface area (Å²) in [6.45, 7) is 4.04. The summed E-state index contributed by atoms with van der Waals surface area (Å²) in [5.74, 6) is 0.338. The molecule has 0 unspecified atom stereocenters. The Balaban J connectivity index is 1.74. The van der Waals surface area contributed by atoms with Gasteiger partial charge in [-0.25, -0.2) is 4.39 Å². The van der Waals surface area contributed by atoms with Crippen molar-refractivity contribution in [3.05, 3.63) is 52.8 Å². The second-order valence-electron chi connectivity index (χ2n) is 5.33. The largest absolute Gasteiger partial charge is 0.449 e. The van der Waals surface area contributed by atoms with Gasteiger partial charge in [0.05, 0.1) is 5.02 Å². The zero-order chi connectivity index (χ0) is 15.0. The summed E-state index contributed by atoms with van der Waals surface area (Å²) < 4.78 is 25.1. The third-order valence-corrected chi connectivity index (χ3v) is 3.46. The van der Waals surface area contributed by atoms with Gasteiger partial charge in [-0.1, -0.05) is 23.7 Å². The van der Waals surface area contributed by atoms with Gasteiger partial charge in [-0.2, -0.15) is 0 Å². The summed E-state index contributed by atoms with van der Waals surface area (Å²) in [6.07, 6.45) is 0. The average Bonchev–Trinajstić information content (AvgIpc) is 2.73. The zero-order valence-electron chi connectivity index (χ0n) is 11.7. The molecule has 0 atom stereocenters. The van der Waals surface area contributed by atoms with Crippen molar-refractivity contribution < 1.29 is 13.9 Å². The summed E-state index contributed by atoms with van der Waals surface area (Å²) in [5, 5.41) is 3.28. The van der Waals surface area contributed by atoms with Gasteiger partial charge in [0.1, 0.15) is 5.82 Å². The summed E-state index contributed by atoms with van der Waals surface area (Å²) in [6, 6.07) is 10.5. The van der Waals surface area contributed by atoms with Crippen LogP contribution in [0.1, 0.15) is 19.4 Å². The van der Waals surface area contributed by atoms with Crippen LogP contribution in [0.3, 0.4) is 0 Å². The first-order valence-corrected chi connectivity index (χ1v) is 7.01. The predicted molar refractivity (Wildman–Crippen MR) is 80.5 cm³/mol. The van der Waals surface area contributed by atoms with Gasteiger partial charge in [-0.15, -0.1) is 0 Å². The van der Waals surface area contributed by atoms with Gasteiger partial charge in [-0.3, -0.25) is 0 Å². The molecule has 0 aliphatic carbocycles. The molecule has 1 aliphatic heterocycles. The number of rotatable bonds is 3. The smallest absolute Gasteiger partial charge is 0.246 e. The SMILES string of the molecule is CC1(C)Oc2ccc(NCc3cccc(Cl)c3F)cc2O1. The van der Waals surface area contributed by atoms with Gasteiger partial charge in [-0.05, 0) is 18.2 Å². The van der Waals surface area contributed by atoms with E-state index in [0.29, 0.717) is 23.6 Å². The third-order valence-electron chi connectivity index (χ3n) is 3.17. The molecule has 0 saturated carbocycles. The number of hydrogen-bond acceptors (Lipinski definition) is 3. The van der Waals surface area contributed by atoms with Crippen molar-refractivity contribution in [1.82, 2.24) is 0 Å². The van der Waals surface area contributed by atoms with Gasteiger partial charge in [0.25, 0.3) is 0 Å². The van der Waals surface area contributed by atoms with Crippen molar-refractivity contribution >= 4 is 17.3 Å². The van der Waals surface area contributed by atoms with E-state index in [-0.39, 0.29) is 5.02 Å². The van der Waals surface area contributed by atoms with Gasteiger partial charge in [0.2, 0.25) is 5.79 Å². The Hall–Kier alpha value is -1.94. The van der Waals surface area contributed by atoms with E-state index >= 15 is 0 Å². The number of nitrogens with one attached hydrogen (secondary N) is 1. The average molecular weight is 308 g/mol. The fourth-order valence-electron chi connectivity index (χ4n) is 2.21. The van der Waals surface area contributed by atoms with Crippen LogP contribution >= 0.6 is 11.6 Å². The quantitative estimate of drug-likeness (QED) is 0.899. The topological polar surface area (TPSA) is 30.5 Å². The molecule has 21 heavy (non-hydrogen) atoms. The van der Waals surface area contributed by atoms with Crippen LogP contribution in [-0.4, -0.2) is 5.79 Å². The minimum Gasteiger partial charge on any atom is -0.449 e. The minimum absolute atomic E-state index is 0.127. The lowest BCUT2D eigenvalue weighted by Crippen LogP contribution is -2.29. The van der Waals surface area contributed by atoms with Gasteiger partial charge in [0.15, 0.2) is 11.5 Å². The molecule has 0 aromatic heterocycles. The van der Waals surface area contributed by atoms with Crippen molar-refractivity contribution in [2.45, 2.75) is 26.2 Å². The first-order valence-electron chi connectivity index (χ1n) is 6.63. The number of anilines is 1. The van der Waals surface area contributed by atoms with Crippen LogP contribution in [0.25, 0.3) is 0 Å². The second kappa shape index (κ2) is 5.11. The van der Waals surface area contributed by atoms with E-state index in [1.165, 1.54) is 6.07 Å². The number of halogens is 2. The maximum absolute atomic E-state index is 13.8. The monoisotopic (exact) mass is 307 g/mol. The fraction of sp³-hybridized carbons (Fsp3) is 0.250. The molecule has 0 fully saturated rings. The fourth-order valence-corrected chi connectivity index (χ4v) is 2.41. The molecule has 0 radical (unpaired) electrons. The maximum atomic E-state index is 13.8. The lowest BCUT2D eigenvalue weighted by molar-refractivity contribution is -0.0431. The van der Waals surface area contributed by atoms with Crippen LogP contribution in [0.4, 0.5) is 10.1 Å². The second-order valence-corrected chi connectivity index (χ2v) is 5.74. The van der Waals surface area contributed by atoms with Crippen molar-refractivity contribution in [2.75, 3.05) is 5.32 Å². The molecule has 0 amide bonds. The highest BCUT2D eigenvalue weighted by molar-refractivity contribution is 6.30. The molecule has 5 heteroatoms. The zero-order valence-corrected chi connectivity index (χ0v) is 12.5. The Labute approximate surface area is 127 Å². The van der Waals surface area contributed by atoms with Crippen LogP contribution < -0.4 is 14.8 Å². The molecule has 1 aliphatic rings. The molecular formula is C16H15ClFNO2. The summed E-state index contributed by atoms with van der Waals surface area (Å²) in [4.78, 5) is 0. The van der Waals surface area contributed by atoms with Gasteiger partial charge < -0.3 is 14.8 Å². The lowest BCUT2D eigenvalue weighted by atomic mass is 10.2. The van der Waals surface area contributed by atoms with E-state index in [9.17, 15) is 4.39 Å². The summed E-state index contributed by atoms with van der Waals surface area (Å²) >= 11 is 5.76.